The largest absolute Gasteiger partial charge is 0.394 e. The number of hydrogen-bond donors (Lipinski definition) is 2. The Balaban J connectivity index is 2.31. The number of nitrogens with zero attached hydrogens (tertiary/aromatic N) is 3. The van der Waals surface area contributed by atoms with Gasteiger partial charge in [-0.25, -0.2) is 9.97 Å². The molecule has 21 heavy (non-hydrogen) atoms. The van der Waals surface area contributed by atoms with E-state index in [-0.39, 0.29) is 18.1 Å². The summed E-state index contributed by atoms with van der Waals surface area (Å²) >= 11 is 0. The van der Waals surface area contributed by atoms with Gasteiger partial charge in [-0.15, -0.1) is 0 Å². The lowest BCUT2D eigenvalue weighted by Crippen LogP contribution is -2.44. The van der Waals surface area contributed by atoms with Gasteiger partial charge in [0, 0.05) is 31.1 Å². The third kappa shape index (κ3) is 4.04. The molecule has 2 heterocycles. The summed E-state index contributed by atoms with van der Waals surface area (Å²) < 4.78 is 5.50. The first-order valence-electron chi connectivity index (χ1n) is 7.55. The Morgan fingerprint density at radius 2 is 2.19 bits per heavy atom. The van der Waals surface area contributed by atoms with Crippen molar-refractivity contribution < 1.29 is 9.84 Å². The van der Waals surface area contributed by atoms with Gasteiger partial charge >= 0.3 is 0 Å². The minimum Gasteiger partial charge on any atom is -0.394 e. The molecule has 1 unspecified atom stereocenters. The van der Waals surface area contributed by atoms with Crippen LogP contribution in [0.25, 0.3) is 0 Å². The first-order chi connectivity index (χ1) is 9.94. The molecule has 0 saturated carbocycles. The van der Waals surface area contributed by atoms with E-state index in [1.54, 1.807) is 0 Å². The van der Waals surface area contributed by atoms with E-state index in [2.05, 4.69) is 42.9 Å². The molecular weight excluding hydrogens is 268 g/mol. The summed E-state index contributed by atoms with van der Waals surface area (Å²) in [5.41, 5.74) is -0.108. The maximum atomic E-state index is 9.28. The molecule has 118 valence electrons. The average molecular weight is 294 g/mol. The Morgan fingerprint density at radius 1 is 1.43 bits per heavy atom. The highest BCUT2D eigenvalue weighted by molar-refractivity contribution is 5.50. The normalized spacial score (nSPS) is 19.7. The van der Waals surface area contributed by atoms with E-state index in [4.69, 9.17) is 9.72 Å². The summed E-state index contributed by atoms with van der Waals surface area (Å²) in [7, 11) is 0. The van der Waals surface area contributed by atoms with Gasteiger partial charge < -0.3 is 20.1 Å². The van der Waals surface area contributed by atoms with E-state index in [0.29, 0.717) is 13.2 Å². The Labute approximate surface area is 126 Å². The molecule has 1 aromatic heterocycles. The van der Waals surface area contributed by atoms with Gasteiger partial charge in [-0.2, -0.15) is 0 Å². The molecule has 6 heteroatoms. The fourth-order valence-corrected chi connectivity index (χ4v) is 2.24. The fourth-order valence-electron chi connectivity index (χ4n) is 2.24. The monoisotopic (exact) mass is 294 g/mol. The highest BCUT2D eigenvalue weighted by Gasteiger charge is 2.24. The molecule has 1 atom stereocenters. The molecule has 2 N–H and O–H groups in total. The lowest BCUT2D eigenvalue weighted by atomic mass is 9.96. The van der Waals surface area contributed by atoms with Crippen molar-refractivity contribution in [3.05, 3.63) is 11.9 Å². The first kappa shape index (κ1) is 16.0. The van der Waals surface area contributed by atoms with Crippen LogP contribution in [0, 0.1) is 0 Å². The third-order valence-electron chi connectivity index (χ3n) is 3.41. The topological polar surface area (TPSA) is 70.5 Å². The Bertz CT molecular complexity index is 473. The summed E-state index contributed by atoms with van der Waals surface area (Å²) in [4.78, 5) is 11.5. The Morgan fingerprint density at radius 3 is 2.81 bits per heavy atom. The second kappa shape index (κ2) is 6.58. The van der Waals surface area contributed by atoms with E-state index in [0.717, 1.165) is 30.5 Å². The van der Waals surface area contributed by atoms with Gasteiger partial charge in [0.25, 0.3) is 0 Å². The summed E-state index contributed by atoms with van der Waals surface area (Å²) in [5, 5.41) is 12.5. The van der Waals surface area contributed by atoms with Crippen LogP contribution in [0.5, 0.6) is 0 Å². The maximum Gasteiger partial charge on any atom is 0.138 e. The van der Waals surface area contributed by atoms with Crippen LogP contribution in [-0.4, -0.2) is 54.0 Å². The van der Waals surface area contributed by atoms with Gasteiger partial charge in [0.2, 0.25) is 0 Å². The number of aromatic nitrogens is 2. The molecular formula is C15H26N4O2. The third-order valence-corrected chi connectivity index (χ3v) is 3.41. The molecule has 2 rings (SSSR count). The molecule has 0 aromatic carbocycles. The van der Waals surface area contributed by atoms with Crippen molar-refractivity contribution >= 4 is 11.6 Å². The second-order valence-corrected chi connectivity index (χ2v) is 6.34. The maximum absolute atomic E-state index is 9.28. The minimum absolute atomic E-state index is 0.0355. The predicted molar refractivity (Wildman–Crippen MR) is 83.9 cm³/mol. The summed E-state index contributed by atoms with van der Waals surface area (Å²) in [6, 6.07) is 1.97. The van der Waals surface area contributed by atoms with Crippen molar-refractivity contribution in [2.75, 3.05) is 43.1 Å². The first-order valence-corrected chi connectivity index (χ1v) is 7.55. The van der Waals surface area contributed by atoms with Crippen LogP contribution in [0.3, 0.4) is 0 Å². The quantitative estimate of drug-likeness (QED) is 0.875. The van der Waals surface area contributed by atoms with E-state index >= 15 is 0 Å². The van der Waals surface area contributed by atoms with Crippen molar-refractivity contribution in [1.29, 1.82) is 0 Å². The lowest BCUT2D eigenvalue weighted by molar-refractivity contribution is 0.00334. The fraction of sp³-hybridized carbons (Fsp3) is 0.733. The number of ether oxygens (including phenoxy) is 1. The van der Waals surface area contributed by atoms with Crippen LogP contribution in [0.4, 0.5) is 11.6 Å². The molecule has 1 saturated heterocycles. The summed E-state index contributed by atoms with van der Waals surface area (Å²) in [5.74, 6) is 2.56. The van der Waals surface area contributed by atoms with Crippen molar-refractivity contribution in [2.24, 2.45) is 0 Å². The average Bonchev–Trinajstić information content (AvgIpc) is 2.46. The van der Waals surface area contributed by atoms with E-state index in [1.165, 1.54) is 0 Å². The van der Waals surface area contributed by atoms with Crippen molar-refractivity contribution in [2.45, 2.75) is 39.2 Å². The number of nitrogens with one attached hydrogen (secondary N) is 1. The lowest BCUT2D eigenvalue weighted by Gasteiger charge is -2.33. The molecule has 6 nitrogen and oxygen atoms in total. The zero-order valence-corrected chi connectivity index (χ0v) is 13.4. The van der Waals surface area contributed by atoms with Crippen molar-refractivity contribution in [1.82, 2.24) is 9.97 Å². The standard InChI is InChI=1S/C15H26N4O2/c1-5-16-12-8-13(18-14(17-12)15(2,3)4)19-6-7-21-11(9-19)10-20/h8,11,20H,5-7,9-10H2,1-4H3,(H,16,17,18). The van der Waals surface area contributed by atoms with Gasteiger partial charge in [-0.05, 0) is 6.92 Å². The highest BCUT2D eigenvalue weighted by Crippen LogP contribution is 2.25. The second-order valence-electron chi connectivity index (χ2n) is 6.34. The number of morpholine rings is 1. The zero-order valence-electron chi connectivity index (χ0n) is 13.4. The minimum atomic E-state index is -0.144. The van der Waals surface area contributed by atoms with Crippen LogP contribution in [0.2, 0.25) is 0 Å². The Hall–Kier alpha value is -1.40. The van der Waals surface area contributed by atoms with Gasteiger partial charge in [0.15, 0.2) is 0 Å². The molecule has 0 radical (unpaired) electrons. The molecule has 0 bridgehead atoms. The zero-order chi connectivity index (χ0) is 15.5. The molecule has 0 aliphatic carbocycles. The van der Waals surface area contributed by atoms with Crippen LogP contribution >= 0.6 is 0 Å². The van der Waals surface area contributed by atoms with Crippen LogP contribution in [0.15, 0.2) is 6.07 Å². The number of aliphatic hydroxyl groups excluding tert-OH is 1. The SMILES string of the molecule is CCNc1cc(N2CCOC(CO)C2)nc(C(C)(C)C)n1. The van der Waals surface area contributed by atoms with Crippen LogP contribution in [-0.2, 0) is 10.2 Å². The summed E-state index contributed by atoms with van der Waals surface area (Å²) in [6.07, 6.45) is -0.144. The van der Waals surface area contributed by atoms with E-state index < -0.39 is 0 Å². The molecule has 0 spiro atoms. The van der Waals surface area contributed by atoms with E-state index in [9.17, 15) is 5.11 Å². The molecule has 1 aliphatic rings. The number of rotatable bonds is 4. The summed E-state index contributed by atoms with van der Waals surface area (Å²) in [6.45, 7) is 11.3. The molecule has 0 amide bonds. The van der Waals surface area contributed by atoms with Gasteiger partial charge in [-0.3, -0.25) is 0 Å². The predicted octanol–water partition coefficient (Wildman–Crippen LogP) is 1.40. The number of hydrogen-bond acceptors (Lipinski definition) is 6. The van der Waals surface area contributed by atoms with Crippen LogP contribution < -0.4 is 10.2 Å². The van der Waals surface area contributed by atoms with Crippen molar-refractivity contribution in [3.8, 4) is 0 Å². The van der Waals surface area contributed by atoms with Gasteiger partial charge in [0.1, 0.15) is 17.5 Å². The van der Waals surface area contributed by atoms with Gasteiger partial charge in [-0.1, -0.05) is 20.8 Å². The molecule has 1 aliphatic heterocycles. The van der Waals surface area contributed by atoms with Crippen LogP contribution in [0.1, 0.15) is 33.5 Å². The Kier molecular flexibility index (Phi) is 5.00. The molecule has 1 fully saturated rings. The highest BCUT2D eigenvalue weighted by atomic mass is 16.5. The van der Waals surface area contributed by atoms with Crippen molar-refractivity contribution in [3.63, 3.8) is 0 Å². The molecule has 1 aromatic rings. The van der Waals surface area contributed by atoms with Gasteiger partial charge in [0.05, 0.1) is 19.3 Å². The van der Waals surface area contributed by atoms with E-state index in [1.807, 2.05) is 6.07 Å². The number of anilines is 2. The smallest absolute Gasteiger partial charge is 0.138 e. The number of aliphatic hydroxyl groups is 1.